The highest BCUT2D eigenvalue weighted by Gasteiger charge is 2.27. The molecule has 0 unspecified atom stereocenters. The summed E-state index contributed by atoms with van der Waals surface area (Å²) in [5.41, 5.74) is 5.94. The van der Waals surface area contributed by atoms with Crippen LogP contribution in [0.25, 0.3) is 0 Å². The lowest BCUT2D eigenvalue weighted by atomic mass is 9.96. The number of nitrogens with zero attached hydrogens (tertiary/aromatic N) is 3. The van der Waals surface area contributed by atoms with Crippen molar-refractivity contribution in [2.24, 2.45) is 17.6 Å². The number of likely N-dealkylation sites (tertiary alicyclic amines) is 1. The molecule has 0 spiro atoms. The van der Waals surface area contributed by atoms with E-state index in [1.807, 2.05) is 13.8 Å². The predicted molar refractivity (Wildman–Crippen MR) is 95.6 cm³/mol. The van der Waals surface area contributed by atoms with Gasteiger partial charge in [0.25, 0.3) is 5.91 Å². The fourth-order valence-electron chi connectivity index (χ4n) is 2.96. The third-order valence-corrected chi connectivity index (χ3v) is 4.77. The Bertz CT molecular complexity index is 693. The van der Waals surface area contributed by atoms with Gasteiger partial charge in [0.15, 0.2) is 6.61 Å². The van der Waals surface area contributed by atoms with Gasteiger partial charge in [-0.05, 0) is 25.7 Å². The fraction of sp³-hybridized carbons (Fsp3) is 0.647. The molecule has 1 saturated heterocycles. The number of hydrogen-bond acceptors (Lipinski definition) is 5. The number of carbonyl (C=O) groups excluding carboxylic acids is 3. The van der Waals surface area contributed by atoms with E-state index in [1.165, 1.54) is 0 Å². The number of aryl methyl sites for hydroxylation is 1. The number of piperidine rings is 1. The molecular formula is C17H25ClN4O4. The number of halogens is 1. The zero-order valence-electron chi connectivity index (χ0n) is 15.3. The van der Waals surface area contributed by atoms with Crippen LogP contribution in [0.4, 0.5) is 0 Å². The molecule has 1 aromatic rings. The van der Waals surface area contributed by atoms with E-state index in [0.717, 1.165) is 0 Å². The van der Waals surface area contributed by atoms with Gasteiger partial charge in [-0.15, -0.1) is 0 Å². The fourth-order valence-corrected chi connectivity index (χ4v) is 3.28. The summed E-state index contributed by atoms with van der Waals surface area (Å²) in [6.45, 7) is 6.78. The lowest BCUT2D eigenvalue weighted by Crippen LogP contribution is -2.43. The van der Waals surface area contributed by atoms with Crippen molar-refractivity contribution in [3.63, 3.8) is 0 Å². The molecule has 0 radical (unpaired) electrons. The van der Waals surface area contributed by atoms with Crippen LogP contribution in [0, 0.1) is 18.8 Å². The minimum atomic E-state index is -0.664. The van der Waals surface area contributed by atoms with Crippen molar-refractivity contribution >= 4 is 29.4 Å². The number of rotatable bonds is 6. The maximum absolute atomic E-state index is 12.3. The van der Waals surface area contributed by atoms with Crippen molar-refractivity contribution in [2.75, 3.05) is 19.7 Å². The molecule has 144 valence electrons. The summed E-state index contributed by atoms with van der Waals surface area (Å²) in [4.78, 5) is 37.3. The molecule has 0 aromatic carbocycles. The number of ether oxygens (including phenoxy) is 1. The van der Waals surface area contributed by atoms with Crippen LogP contribution in [0.3, 0.4) is 0 Å². The standard InChI is InChI=1S/C17H25ClN4O4/c1-10(2)8-22-15(18)14(11(3)20-22)17(25)26-9-13(23)21-6-4-12(5-7-21)16(19)24/h10,12H,4-9H2,1-3H3,(H2,19,24). The van der Waals surface area contributed by atoms with Gasteiger partial charge in [0.05, 0.1) is 5.69 Å². The zero-order chi connectivity index (χ0) is 19.4. The molecule has 1 aliphatic rings. The van der Waals surface area contributed by atoms with Gasteiger partial charge in [0.1, 0.15) is 10.7 Å². The van der Waals surface area contributed by atoms with E-state index >= 15 is 0 Å². The first-order chi connectivity index (χ1) is 12.2. The van der Waals surface area contributed by atoms with E-state index in [1.54, 1.807) is 16.5 Å². The molecule has 0 atom stereocenters. The second kappa shape index (κ2) is 8.53. The van der Waals surface area contributed by atoms with Crippen LogP contribution in [0.15, 0.2) is 0 Å². The van der Waals surface area contributed by atoms with Crippen molar-refractivity contribution in [1.82, 2.24) is 14.7 Å². The summed E-state index contributed by atoms with van der Waals surface area (Å²) in [5.74, 6) is -1.19. The molecule has 0 aliphatic carbocycles. The van der Waals surface area contributed by atoms with E-state index in [9.17, 15) is 14.4 Å². The van der Waals surface area contributed by atoms with Gasteiger partial charge in [-0.3, -0.25) is 14.3 Å². The number of amides is 2. The van der Waals surface area contributed by atoms with Crippen molar-refractivity contribution in [3.8, 4) is 0 Å². The molecule has 1 aromatic heterocycles. The number of esters is 1. The second-order valence-electron chi connectivity index (χ2n) is 6.96. The van der Waals surface area contributed by atoms with Crippen LogP contribution < -0.4 is 5.73 Å². The van der Waals surface area contributed by atoms with Crippen molar-refractivity contribution in [3.05, 3.63) is 16.4 Å². The third-order valence-electron chi connectivity index (χ3n) is 4.38. The van der Waals surface area contributed by atoms with Crippen LogP contribution in [0.5, 0.6) is 0 Å². The predicted octanol–water partition coefficient (Wildman–Crippen LogP) is 1.38. The maximum atomic E-state index is 12.3. The van der Waals surface area contributed by atoms with Gasteiger partial charge >= 0.3 is 5.97 Å². The monoisotopic (exact) mass is 384 g/mol. The molecule has 26 heavy (non-hydrogen) atoms. The van der Waals surface area contributed by atoms with Crippen molar-refractivity contribution in [2.45, 2.75) is 40.2 Å². The molecule has 9 heteroatoms. The van der Waals surface area contributed by atoms with Crippen molar-refractivity contribution in [1.29, 1.82) is 0 Å². The number of aromatic nitrogens is 2. The Morgan fingerprint density at radius 3 is 2.46 bits per heavy atom. The lowest BCUT2D eigenvalue weighted by molar-refractivity contribution is -0.137. The highest BCUT2D eigenvalue weighted by Crippen LogP contribution is 2.22. The Hall–Kier alpha value is -2.09. The summed E-state index contributed by atoms with van der Waals surface area (Å²) in [7, 11) is 0. The topological polar surface area (TPSA) is 108 Å². The Balaban J connectivity index is 1.92. The molecular weight excluding hydrogens is 360 g/mol. The molecule has 0 saturated carbocycles. The molecule has 2 amide bonds. The third kappa shape index (κ3) is 4.75. The summed E-state index contributed by atoms with van der Waals surface area (Å²) >= 11 is 6.24. The second-order valence-corrected chi connectivity index (χ2v) is 7.32. The minimum absolute atomic E-state index is 0.188. The van der Waals surface area contributed by atoms with E-state index in [2.05, 4.69) is 5.10 Å². The smallest absolute Gasteiger partial charge is 0.343 e. The Morgan fingerprint density at radius 2 is 1.92 bits per heavy atom. The normalized spacial score (nSPS) is 15.3. The van der Waals surface area contributed by atoms with E-state index in [-0.39, 0.29) is 35.1 Å². The molecule has 0 bridgehead atoms. The maximum Gasteiger partial charge on any atom is 0.343 e. The average Bonchev–Trinajstić information content (AvgIpc) is 2.85. The first-order valence-electron chi connectivity index (χ1n) is 8.67. The van der Waals surface area contributed by atoms with Gasteiger partial charge in [0, 0.05) is 25.6 Å². The molecule has 8 nitrogen and oxygen atoms in total. The number of primary amides is 1. The molecule has 1 fully saturated rings. The number of hydrogen-bond donors (Lipinski definition) is 1. The lowest BCUT2D eigenvalue weighted by Gasteiger charge is -2.30. The van der Waals surface area contributed by atoms with Gasteiger partial charge in [-0.1, -0.05) is 25.4 Å². The molecule has 2 heterocycles. The highest BCUT2D eigenvalue weighted by molar-refractivity contribution is 6.32. The number of nitrogens with two attached hydrogens (primary N) is 1. The average molecular weight is 385 g/mol. The summed E-state index contributed by atoms with van der Waals surface area (Å²) in [6.07, 6.45) is 1.06. The minimum Gasteiger partial charge on any atom is -0.452 e. The molecule has 1 aliphatic heterocycles. The quantitative estimate of drug-likeness (QED) is 0.745. The van der Waals surface area contributed by atoms with Gasteiger partial charge in [-0.25, -0.2) is 4.79 Å². The van der Waals surface area contributed by atoms with E-state index in [0.29, 0.717) is 44.1 Å². The summed E-state index contributed by atoms with van der Waals surface area (Å²) in [6, 6.07) is 0. The summed E-state index contributed by atoms with van der Waals surface area (Å²) < 4.78 is 6.70. The Morgan fingerprint density at radius 1 is 1.31 bits per heavy atom. The number of carbonyl (C=O) groups is 3. The first-order valence-corrected chi connectivity index (χ1v) is 9.05. The van der Waals surface area contributed by atoms with E-state index < -0.39 is 5.97 Å². The van der Waals surface area contributed by atoms with Crippen LogP contribution in [-0.4, -0.2) is 52.2 Å². The molecule has 2 N–H and O–H groups in total. The largest absolute Gasteiger partial charge is 0.452 e. The molecule has 2 rings (SSSR count). The first kappa shape index (κ1) is 20.2. The van der Waals surface area contributed by atoms with Crippen LogP contribution in [0.1, 0.15) is 42.7 Å². The van der Waals surface area contributed by atoms with Crippen LogP contribution >= 0.6 is 11.6 Å². The van der Waals surface area contributed by atoms with Crippen molar-refractivity contribution < 1.29 is 19.1 Å². The van der Waals surface area contributed by atoms with Crippen LogP contribution in [0.2, 0.25) is 5.15 Å². The van der Waals surface area contributed by atoms with E-state index in [4.69, 9.17) is 22.1 Å². The SMILES string of the molecule is Cc1nn(CC(C)C)c(Cl)c1C(=O)OCC(=O)N1CCC(C(N)=O)CC1. The zero-order valence-corrected chi connectivity index (χ0v) is 16.1. The van der Waals surface area contributed by atoms with Gasteiger partial charge in [-0.2, -0.15) is 5.10 Å². The highest BCUT2D eigenvalue weighted by atomic mass is 35.5. The van der Waals surface area contributed by atoms with Crippen LogP contribution in [-0.2, 0) is 20.9 Å². The van der Waals surface area contributed by atoms with Gasteiger partial charge in [0.2, 0.25) is 5.91 Å². The Labute approximate surface area is 157 Å². The Kier molecular flexibility index (Phi) is 6.63. The van der Waals surface area contributed by atoms with Gasteiger partial charge < -0.3 is 15.4 Å². The summed E-state index contributed by atoms with van der Waals surface area (Å²) in [5, 5.41) is 4.48.